The van der Waals surface area contributed by atoms with Crippen LogP contribution in [0.1, 0.15) is 82.6 Å². The molecule has 4 aliphatic rings. The number of anilines is 3. The molecule has 2 nitrogen and oxygen atoms in total. The van der Waals surface area contributed by atoms with Crippen LogP contribution in [0.4, 0.5) is 17.1 Å². The average molecular weight is 744 g/mol. The zero-order chi connectivity index (χ0) is 39.1. The van der Waals surface area contributed by atoms with E-state index in [-0.39, 0.29) is 10.8 Å². The summed E-state index contributed by atoms with van der Waals surface area (Å²) in [5, 5.41) is 0. The van der Waals surface area contributed by atoms with Crippen molar-refractivity contribution in [2.75, 3.05) is 4.90 Å². The van der Waals surface area contributed by atoms with Crippen molar-refractivity contribution in [2.45, 2.75) is 43.9 Å². The van der Waals surface area contributed by atoms with Crippen molar-refractivity contribution in [3.8, 4) is 44.5 Å². The number of carbonyl (C=O) groups is 1. The lowest BCUT2D eigenvalue weighted by molar-refractivity contribution is 0.112. The summed E-state index contributed by atoms with van der Waals surface area (Å²) < 4.78 is 0. The van der Waals surface area contributed by atoms with Crippen LogP contribution >= 0.6 is 0 Å². The molecule has 276 valence electrons. The van der Waals surface area contributed by atoms with Gasteiger partial charge >= 0.3 is 0 Å². The van der Waals surface area contributed by atoms with Gasteiger partial charge in [0.25, 0.3) is 0 Å². The Kier molecular flexibility index (Phi) is 6.57. The highest BCUT2D eigenvalue weighted by molar-refractivity contribution is 5.98. The molecule has 0 atom stereocenters. The third-order valence-electron chi connectivity index (χ3n) is 14.1. The Morgan fingerprint density at radius 1 is 0.345 bits per heavy atom. The molecule has 0 saturated carbocycles. The second kappa shape index (κ2) is 11.4. The summed E-state index contributed by atoms with van der Waals surface area (Å²) in [6.07, 6.45) is 0.984. The van der Waals surface area contributed by atoms with E-state index >= 15 is 0 Å². The third-order valence-corrected chi connectivity index (χ3v) is 14.1. The topological polar surface area (TPSA) is 20.3 Å². The molecule has 0 fully saturated rings. The lowest BCUT2D eigenvalue weighted by Gasteiger charge is -2.33. The first-order valence-corrected chi connectivity index (χ1v) is 20.5. The van der Waals surface area contributed by atoms with Gasteiger partial charge in [0, 0.05) is 33.5 Å². The fraction of sp³-hybridized carbons (Fsp3) is 0.125. The van der Waals surface area contributed by atoms with E-state index in [1.165, 1.54) is 89.0 Å². The van der Waals surface area contributed by atoms with Gasteiger partial charge in [-0.25, -0.2) is 0 Å². The number of carbonyl (C=O) groups excluding carboxylic acids is 1. The van der Waals surface area contributed by atoms with E-state index in [9.17, 15) is 4.79 Å². The Morgan fingerprint density at radius 2 is 0.672 bits per heavy atom. The Hall–Kier alpha value is -6.77. The van der Waals surface area contributed by atoms with Crippen molar-refractivity contribution in [2.24, 2.45) is 0 Å². The van der Waals surface area contributed by atoms with Crippen LogP contribution in [0.2, 0.25) is 0 Å². The van der Waals surface area contributed by atoms with E-state index in [0.717, 1.165) is 23.3 Å². The number of rotatable bonds is 4. The Bertz CT molecular complexity index is 2950. The molecule has 2 heteroatoms. The third kappa shape index (κ3) is 4.09. The fourth-order valence-electron chi connectivity index (χ4n) is 11.5. The molecule has 8 aromatic carbocycles. The van der Waals surface area contributed by atoms with E-state index in [1.54, 1.807) is 0 Å². The number of nitrogens with zero attached hydrogens (tertiary/aromatic N) is 1. The second-order valence-corrected chi connectivity index (χ2v) is 17.6. The fourth-order valence-corrected chi connectivity index (χ4v) is 11.5. The van der Waals surface area contributed by atoms with Crippen LogP contribution in [0.25, 0.3) is 44.5 Å². The zero-order valence-corrected chi connectivity index (χ0v) is 33.1. The van der Waals surface area contributed by atoms with Crippen LogP contribution in [-0.4, -0.2) is 6.29 Å². The van der Waals surface area contributed by atoms with Crippen molar-refractivity contribution in [3.63, 3.8) is 0 Å². The van der Waals surface area contributed by atoms with Gasteiger partial charge in [0.05, 0.1) is 5.41 Å². The Balaban J connectivity index is 1.13. The van der Waals surface area contributed by atoms with Crippen molar-refractivity contribution in [1.82, 2.24) is 0 Å². The summed E-state index contributed by atoms with van der Waals surface area (Å²) in [6, 6.07) is 63.1. The summed E-state index contributed by atoms with van der Waals surface area (Å²) in [5.74, 6) is 0. The molecule has 0 N–H and O–H groups in total. The highest BCUT2D eigenvalue weighted by Gasteiger charge is 2.52. The van der Waals surface area contributed by atoms with Gasteiger partial charge in [-0.15, -0.1) is 0 Å². The largest absolute Gasteiger partial charge is 0.310 e. The molecule has 1 spiro atoms. The first kappa shape index (κ1) is 33.4. The van der Waals surface area contributed by atoms with Crippen molar-refractivity contribution < 1.29 is 4.79 Å². The normalized spacial score (nSPS) is 15.7. The molecule has 0 aromatic heterocycles. The van der Waals surface area contributed by atoms with Crippen LogP contribution in [-0.2, 0) is 16.2 Å². The number of benzene rings is 8. The van der Waals surface area contributed by atoms with Gasteiger partial charge in [0.2, 0.25) is 0 Å². The number of fused-ring (bicyclic) bond motifs is 16. The predicted molar refractivity (Wildman–Crippen MR) is 238 cm³/mol. The molecule has 0 amide bonds. The molecule has 0 bridgehead atoms. The maximum absolute atomic E-state index is 12.4. The van der Waals surface area contributed by atoms with E-state index in [2.05, 4.69) is 196 Å². The maximum Gasteiger partial charge on any atom is 0.150 e. The molecular weight excluding hydrogens is 703 g/mol. The summed E-state index contributed by atoms with van der Waals surface area (Å²) in [4.78, 5) is 14.9. The van der Waals surface area contributed by atoms with Crippen LogP contribution in [0.15, 0.2) is 170 Å². The van der Waals surface area contributed by atoms with Crippen LogP contribution < -0.4 is 4.90 Å². The van der Waals surface area contributed by atoms with E-state index in [4.69, 9.17) is 0 Å². The summed E-state index contributed by atoms with van der Waals surface area (Å²) >= 11 is 0. The summed E-state index contributed by atoms with van der Waals surface area (Å²) in [5.41, 5.74) is 23.7. The molecule has 0 heterocycles. The minimum atomic E-state index is -0.582. The van der Waals surface area contributed by atoms with Crippen molar-refractivity contribution in [3.05, 3.63) is 220 Å². The van der Waals surface area contributed by atoms with Gasteiger partial charge < -0.3 is 4.90 Å². The molecule has 58 heavy (non-hydrogen) atoms. The lowest BCUT2D eigenvalue weighted by Crippen LogP contribution is -2.26. The molecule has 0 saturated heterocycles. The second-order valence-electron chi connectivity index (χ2n) is 17.6. The first-order valence-electron chi connectivity index (χ1n) is 20.5. The SMILES string of the molecule is CC1(C)c2ccccc2-c2ccc(N(c3ccc4c(c3)C(C)(C)c3ccccc3-4)c3ccc4c(c3)C3(c5ccccc5-c5ccccc53)c3cc(C=O)ccc3-4)cc21. The Labute approximate surface area is 340 Å². The summed E-state index contributed by atoms with van der Waals surface area (Å²) in [6.45, 7) is 9.44. The molecular formula is C56H41NO. The van der Waals surface area contributed by atoms with Crippen LogP contribution in [0.5, 0.6) is 0 Å². The van der Waals surface area contributed by atoms with E-state index in [0.29, 0.717) is 5.56 Å². The first-order chi connectivity index (χ1) is 28.2. The molecule has 4 aliphatic carbocycles. The van der Waals surface area contributed by atoms with E-state index in [1.807, 2.05) is 6.07 Å². The van der Waals surface area contributed by atoms with Crippen molar-refractivity contribution >= 4 is 23.3 Å². The number of hydrogen-bond donors (Lipinski definition) is 0. The molecule has 0 unspecified atom stereocenters. The highest BCUT2D eigenvalue weighted by atomic mass is 16.1. The number of aldehydes is 1. The van der Waals surface area contributed by atoms with E-state index < -0.39 is 5.41 Å². The van der Waals surface area contributed by atoms with Crippen LogP contribution in [0, 0.1) is 0 Å². The molecule has 0 radical (unpaired) electrons. The Morgan fingerprint density at radius 3 is 1.12 bits per heavy atom. The standard InChI is InChI=1S/C56H41NO/c1-54(2)46-17-9-5-13-38(46)42-26-22-35(30-50(42)54)57(36-23-27-43-39-14-6-10-18-47(39)55(3,4)51(43)31-36)37-24-28-45-44-25-21-34(33-58)29-52(44)56(53(45)32-37)48-19-11-7-15-40(48)41-16-8-12-20-49(41)56/h5-33H,1-4H3. The van der Waals surface area contributed by atoms with Gasteiger partial charge in [0.1, 0.15) is 6.29 Å². The minimum Gasteiger partial charge on any atom is -0.310 e. The van der Waals surface area contributed by atoms with Gasteiger partial charge in [-0.3, -0.25) is 4.79 Å². The van der Waals surface area contributed by atoms with Crippen LogP contribution in [0.3, 0.4) is 0 Å². The van der Waals surface area contributed by atoms with Gasteiger partial charge in [-0.05, 0) is 131 Å². The molecule has 12 rings (SSSR count). The monoisotopic (exact) mass is 743 g/mol. The molecule has 0 aliphatic heterocycles. The number of hydrogen-bond acceptors (Lipinski definition) is 2. The maximum atomic E-state index is 12.4. The lowest BCUT2D eigenvalue weighted by atomic mass is 9.70. The van der Waals surface area contributed by atoms with Gasteiger partial charge in [-0.2, -0.15) is 0 Å². The quantitative estimate of drug-likeness (QED) is 0.167. The average Bonchev–Trinajstić information content (AvgIpc) is 3.88. The zero-order valence-electron chi connectivity index (χ0n) is 33.1. The highest BCUT2D eigenvalue weighted by Crippen LogP contribution is 2.64. The van der Waals surface area contributed by atoms with Crippen molar-refractivity contribution in [1.29, 1.82) is 0 Å². The van der Waals surface area contributed by atoms with Gasteiger partial charge in [0.15, 0.2) is 0 Å². The van der Waals surface area contributed by atoms with Gasteiger partial charge in [-0.1, -0.05) is 155 Å². The molecule has 8 aromatic rings. The minimum absolute atomic E-state index is 0.146. The smallest absolute Gasteiger partial charge is 0.150 e. The summed E-state index contributed by atoms with van der Waals surface area (Å²) in [7, 11) is 0. The predicted octanol–water partition coefficient (Wildman–Crippen LogP) is 13.9.